The van der Waals surface area contributed by atoms with E-state index in [1.807, 2.05) is 26.0 Å². The Morgan fingerprint density at radius 1 is 1.27 bits per heavy atom. The Balaban J connectivity index is 1.93. The van der Waals surface area contributed by atoms with Crippen LogP contribution in [0.5, 0.6) is 5.75 Å². The highest BCUT2D eigenvalue weighted by Crippen LogP contribution is 2.38. The lowest BCUT2D eigenvalue weighted by Crippen LogP contribution is -2.38. The van der Waals surface area contributed by atoms with Crippen LogP contribution in [0.3, 0.4) is 0 Å². The SMILES string of the molecule is CC(NC(=O)C1(C)CCCC1)c1ccc(OCC(=O)O)cc1. The summed E-state index contributed by atoms with van der Waals surface area (Å²) in [6.45, 7) is 3.62. The maximum Gasteiger partial charge on any atom is 0.341 e. The Kier molecular flexibility index (Phi) is 5.06. The van der Waals surface area contributed by atoms with Gasteiger partial charge >= 0.3 is 5.97 Å². The van der Waals surface area contributed by atoms with Crippen molar-refractivity contribution in [1.82, 2.24) is 5.32 Å². The Bertz CT molecular complexity index is 532. The van der Waals surface area contributed by atoms with Gasteiger partial charge in [-0.1, -0.05) is 31.9 Å². The number of nitrogens with one attached hydrogen (secondary N) is 1. The molecule has 2 rings (SSSR count). The normalized spacial score (nSPS) is 17.7. The van der Waals surface area contributed by atoms with E-state index in [-0.39, 0.29) is 24.0 Å². The zero-order valence-electron chi connectivity index (χ0n) is 13.1. The van der Waals surface area contributed by atoms with E-state index in [9.17, 15) is 9.59 Å². The minimum absolute atomic E-state index is 0.0848. The summed E-state index contributed by atoms with van der Waals surface area (Å²) in [5.74, 6) is -0.384. The molecule has 1 atom stereocenters. The first-order chi connectivity index (χ1) is 10.4. The number of carbonyl (C=O) groups is 2. The molecule has 0 heterocycles. The number of hydrogen-bond donors (Lipinski definition) is 2. The van der Waals surface area contributed by atoms with E-state index >= 15 is 0 Å². The molecule has 0 radical (unpaired) electrons. The minimum atomic E-state index is -1.01. The van der Waals surface area contributed by atoms with Crippen LogP contribution in [0, 0.1) is 5.41 Å². The van der Waals surface area contributed by atoms with Gasteiger partial charge in [0.2, 0.25) is 5.91 Å². The van der Waals surface area contributed by atoms with Crippen molar-refractivity contribution in [3.63, 3.8) is 0 Å². The number of carboxylic acids is 1. The Labute approximate surface area is 130 Å². The summed E-state index contributed by atoms with van der Waals surface area (Å²) >= 11 is 0. The molecule has 0 spiro atoms. The Morgan fingerprint density at radius 2 is 1.86 bits per heavy atom. The first-order valence-corrected chi connectivity index (χ1v) is 7.66. The molecule has 0 aliphatic heterocycles. The molecule has 0 aromatic heterocycles. The number of amides is 1. The van der Waals surface area contributed by atoms with Crippen molar-refractivity contribution in [3.8, 4) is 5.75 Å². The zero-order valence-corrected chi connectivity index (χ0v) is 13.1. The summed E-state index contributed by atoms with van der Waals surface area (Å²) in [6, 6.07) is 7.05. The zero-order chi connectivity index (χ0) is 16.2. The van der Waals surface area contributed by atoms with Gasteiger partial charge in [0.15, 0.2) is 6.61 Å². The number of rotatable bonds is 6. The number of hydrogen-bond acceptors (Lipinski definition) is 3. The largest absolute Gasteiger partial charge is 0.482 e. The van der Waals surface area contributed by atoms with Crippen molar-refractivity contribution < 1.29 is 19.4 Å². The van der Waals surface area contributed by atoms with Crippen LogP contribution in [0.25, 0.3) is 0 Å². The van der Waals surface area contributed by atoms with Crippen LogP contribution >= 0.6 is 0 Å². The highest BCUT2D eigenvalue weighted by Gasteiger charge is 2.36. The van der Waals surface area contributed by atoms with Crippen LogP contribution < -0.4 is 10.1 Å². The van der Waals surface area contributed by atoms with Crippen LogP contribution in [-0.2, 0) is 9.59 Å². The van der Waals surface area contributed by atoms with E-state index in [0.29, 0.717) is 5.75 Å². The lowest BCUT2D eigenvalue weighted by atomic mass is 9.87. The topological polar surface area (TPSA) is 75.6 Å². The molecule has 0 saturated heterocycles. The standard InChI is InChI=1S/C17H23NO4/c1-12(18-16(21)17(2)9-3-4-10-17)13-5-7-14(8-6-13)22-11-15(19)20/h5-8,12H,3-4,9-11H2,1-2H3,(H,18,21)(H,19,20). The predicted octanol–water partition coefficient (Wildman–Crippen LogP) is 2.91. The van der Waals surface area contributed by atoms with Crippen LogP contribution in [0.1, 0.15) is 51.1 Å². The molecule has 1 aliphatic rings. The van der Waals surface area contributed by atoms with Gasteiger partial charge in [-0.05, 0) is 37.5 Å². The average Bonchev–Trinajstić information content (AvgIpc) is 2.93. The molecule has 1 saturated carbocycles. The Hall–Kier alpha value is -2.04. The minimum Gasteiger partial charge on any atom is -0.482 e. The summed E-state index contributed by atoms with van der Waals surface area (Å²) < 4.78 is 5.09. The molecule has 5 heteroatoms. The fraction of sp³-hybridized carbons (Fsp3) is 0.529. The van der Waals surface area contributed by atoms with Crippen LogP contribution in [0.4, 0.5) is 0 Å². The van der Waals surface area contributed by atoms with E-state index in [0.717, 1.165) is 31.2 Å². The number of aliphatic carboxylic acids is 1. The van der Waals surface area contributed by atoms with Crippen LogP contribution in [-0.4, -0.2) is 23.6 Å². The fourth-order valence-electron chi connectivity index (χ4n) is 2.83. The fourth-order valence-corrected chi connectivity index (χ4v) is 2.83. The number of benzene rings is 1. The molecule has 2 N–H and O–H groups in total. The lowest BCUT2D eigenvalue weighted by molar-refractivity contribution is -0.139. The van der Waals surface area contributed by atoms with Crippen molar-refractivity contribution >= 4 is 11.9 Å². The quantitative estimate of drug-likeness (QED) is 0.847. The second-order valence-electron chi connectivity index (χ2n) is 6.21. The van der Waals surface area contributed by atoms with E-state index in [1.165, 1.54) is 0 Å². The van der Waals surface area contributed by atoms with Gasteiger partial charge in [0.25, 0.3) is 0 Å². The smallest absolute Gasteiger partial charge is 0.341 e. The van der Waals surface area contributed by atoms with Crippen LogP contribution in [0.15, 0.2) is 24.3 Å². The van der Waals surface area contributed by atoms with Gasteiger partial charge in [-0.3, -0.25) is 4.79 Å². The summed E-state index contributed by atoms with van der Waals surface area (Å²) in [5.41, 5.74) is 0.733. The number of ether oxygens (including phenoxy) is 1. The molecule has 1 aromatic rings. The molecular formula is C17H23NO4. The van der Waals surface area contributed by atoms with Gasteiger partial charge in [-0.15, -0.1) is 0 Å². The van der Waals surface area contributed by atoms with Gasteiger partial charge in [0, 0.05) is 5.41 Å². The van der Waals surface area contributed by atoms with E-state index < -0.39 is 5.97 Å². The molecule has 1 fully saturated rings. The average molecular weight is 305 g/mol. The second kappa shape index (κ2) is 6.81. The van der Waals surface area contributed by atoms with Crippen molar-refractivity contribution in [2.45, 2.75) is 45.6 Å². The predicted molar refractivity (Wildman–Crippen MR) is 82.7 cm³/mol. The highest BCUT2D eigenvalue weighted by atomic mass is 16.5. The Morgan fingerprint density at radius 3 is 2.41 bits per heavy atom. The number of carbonyl (C=O) groups excluding carboxylic acids is 1. The van der Waals surface area contributed by atoms with E-state index in [4.69, 9.17) is 9.84 Å². The first kappa shape index (κ1) is 16.3. The highest BCUT2D eigenvalue weighted by molar-refractivity contribution is 5.82. The summed E-state index contributed by atoms with van der Waals surface area (Å²) in [7, 11) is 0. The molecule has 22 heavy (non-hydrogen) atoms. The second-order valence-corrected chi connectivity index (χ2v) is 6.21. The summed E-state index contributed by atoms with van der Waals surface area (Å²) in [5, 5.41) is 11.6. The first-order valence-electron chi connectivity index (χ1n) is 7.66. The van der Waals surface area contributed by atoms with Gasteiger partial charge in [-0.25, -0.2) is 4.79 Å². The summed E-state index contributed by atoms with van der Waals surface area (Å²) in [4.78, 5) is 22.8. The maximum absolute atomic E-state index is 12.4. The van der Waals surface area contributed by atoms with Crippen molar-refractivity contribution in [2.24, 2.45) is 5.41 Å². The molecule has 120 valence electrons. The van der Waals surface area contributed by atoms with Gasteiger partial charge in [-0.2, -0.15) is 0 Å². The third-order valence-electron chi connectivity index (χ3n) is 4.35. The van der Waals surface area contributed by atoms with Crippen LogP contribution in [0.2, 0.25) is 0 Å². The maximum atomic E-state index is 12.4. The van der Waals surface area contributed by atoms with E-state index in [2.05, 4.69) is 5.32 Å². The third-order valence-corrected chi connectivity index (χ3v) is 4.35. The van der Waals surface area contributed by atoms with Crippen molar-refractivity contribution in [3.05, 3.63) is 29.8 Å². The number of carboxylic acid groups (broad SMARTS) is 1. The van der Waals surface area contributed by atoms with Gasteiger partial charge in [0.05, 0.1) is 6.04 Å². The molecule has 1 unspecified atom stereocenters. The monoisotopic (exact) mass is 305 g/mol. The third kappa shape index (κ3) is 4.00. The molecule has 1 aromatic carbocycles. The molecule has 5 nitrogen and oxygen atoms in total. The molecule has 0 bridgehead atoms. The molecule has 1 amide bonds. The van der Waals surface area contributed by atoms with Gasteiger partial charge in [0.1, 0.15) is 5.75 Å². The lowest BCUT2D eigenvalue weighted by Gasteiger charge is -2.25. The van der Waals surface area contributed by atoms with E-state index in [1.54, 1.807) is 12.1 Å². The van der Waals surface area contributed by atoms with Crippen molar-refractivity contribution in [1.29, 1.82) is 0 Å². The van der Waals surface area contributed by atoms with Gasteiger partial charge < -0.3 is 15.2 Å². The molecule has 1 aliphatic carbocycles. The van der Waals surface area contributed by atoms with Crippen molar-refractivity contribution in [2.75, 3.05) is 6.61 Å². The summed E-state index contributed by atoms with van der Waals surface area (Å²) in [6.07, 6.45) is 4.14. The molecular weight excluding hydrogens is 282 g/mol.